The number of nitrogens with two attached hydrogens (primary N) is 1. The first-order valence-corrected chi connectivity index (χ1v) is 5.06. The zero-order chi connectivity index (χ0) is 9.52. The largest absolute Gasteiger partial charge is 0.381 e. The number of ether oxygens (including phenoxy) is 1. The second-order valence-corrected chi connectivity index (χ2v) is 3.75. The number of nitriles is 1. The Balaban J connectivity index is 1.92. The van der Waals surface area contributed by atoms with Gasteiger partial charge in [0.2, 0.25) is 0 Å². The van der Waals surface area contributed by atoms with E-state index in [1.807, 2.05) is 6.07 Å². The summed E-state index contributed by atoms with van der Waals surface area (Å²) >= 11 is 0. The van der Waals surface area contributed by atoms with Crippen LogP contribution in [-0.2, 0) is 4.74 Å². The van der Waals surface area contributed by atoms with Crippen molar-refractivity contribution in [1.29, 1.82) is 5.26 Å². The van der Waals surface area contributed by atoms with Gasteiger partial charge in [0.1, 0.15) is 0 Å². The summed E-state index contributed by atoms with van der Waals surface area (Å²) in [5.41, 5.74) is 5.43. The standard InChI is InChI=1S/C10H18N2O/c11-7-10(12)5-6-13-8-9-3-1-2-4-9/h9-10H,1-6,8,12H2. The molecule has 0 radical (unpaired) electrons. The predicted octanol–water partition coefficient (Wildman–Crippen LogP) is 1.43. The molecule has 0 heterocycles. The highest BCUT2D eigenvalue weighted by Crippen LogP contribution is 2.24. The average Bonchev–Trinajstić information content (AvgIpc) is 2.64. The third-order valence-corrected chi connectivity index (χ3v) is 2.57. The molecule has 3 heteroatoms. The Kier molecular flexibility index (Phi) is 4.81. The van der Waals surface area contributed by atoms with Gasteiger partial charge >= 0.3 is 0 Å². The van der Waals surface area contributed by atoms with Crippen LogP contribution in [0, 0.1) is 17.2 Å². The van der Waals surface area contributed by atoms with E-state index < -0.39 is 0 Å². The van der Waals surface area contributed by atoms with E-state index in [-0.39, 0.29) is 6.04 Å². The van der Waals surface area contributed by atoms with E-state index in [1.165, 1.54) is 25.7 Å². The Bertz CT molecular complexity index is 170. The highest BCUT2D eigenvalue weighted by Gasteiger charge is 2.14. The molecule has 1 saturated carbocycles. The van der Waals surface area contributed by atoms with Gasteiger partial charge in [0.25, 0.3) is 0 Å². The zero-order valence-electron chi connectivity index (χ0n) is 8.04. The SMILES string of the molecule is N#CC(N)CCOCC1CCCC1. The molecule has 0 saturated heterocycles. The minimum atomic E-state index is -0.358. The van der Waals surface area contributed by atoms with Gasteiger partial charge in [-0.2, -0.15) is 5.26 Å². The second-order valence-electron chi connectivity index (χ2n) is 3.75. The van der Waals surface area contributed by atoms with Crippen LogP contribution in [0.5, 0.6) is 0 Å². The van der Waals surface area contributed by atoms with E-state index >= 15 is 0 Å². The summed E-state index contributed by atoms with van der Waals surface area (Å²) in [4.78, 5) is 0. The maximum absolute atomic E-state index is 8.42. The molecule has 3 nitrogen and oxygen atoms in total. The van der Waals surface area contributed by atoms with E-state index in [4.69, 9.17) is 15.7 Å². The smallest absolute Gasteiger partial charge is 0.0950 e. The molecule has 1 aliphatic carbocycles. The van der Waals surface area contributed by atoms with Crippen molar-refractivity contribution in [1.82, 2.24) is 0 Å². The van der Waals surface area contributed by atoms with Gasteiger partial charge in [0, 0.05) is 13.2 Å². The molecule has 1 aliphatic rings. The van der Waals surface area contributed by atoms with Crippen molar-refractivity contribution in [3.8, 4) is 6.07 Å². The van der Waals surface area contributed by atoms with Gasteiger partial charge in [-0.05, 0) is 25.2 Å². The Morgan fingerprint density at radius 1 is 1.46 bits per heavy atom. The predicted molar refractivity (Wildman–Crippen MR) is 51.0 cm³/mol. The lowest BCUT2D eigenvalue weighted by molar-refractivity contribution is 0.0981. The van der Waals surface area contributed by atoms with Crippen LogP contribution in [0.2, 0.25) is 0 Å². The molecule has 13 heavy (non-hydrogen) atoms. The second kappa shape index (κ2) is 5.95. The lowest BCUT2D eigenvalue weighted by Crippen LogP contribution is -2.20. The van der Waals surface area contributed by atoms with Crippen molar-refractivity contribution >= 4 is 0 Å². The van der Waals surface area contributed by atoms with E-state index in [0.29, 0.717) is 13.0 Å². The molecule has 0 amide bonds. The van der Waals surface area contributed by atoms with Gasteiger partial charge in [-0.3, -0.25) is 0 Å². The number of nitrogens with zero attached hydrogens (tertiary/aromatic N) is 1. The van der Waals surface area contributed by atoms with Gasteiger partial charge in [-0.1, -0.05) is 12.8 Å². The molecule has 0 aromatic heterocycles. The maximum Gasteiger partial charge on any atom is 0.0950 e. The third kappa shape index (κ3) is 4.25. The lowest BCUT2D eigenvalue weighted by Gasteiger charge is -2.09. The molecule has 1 rings (SSSR count). The van der Waals surface area contributed by atoms with Crippen molar-refractivity contribution in [2.24, 2.45) is 11.7 Å². The van der Waals surface area contributed by atoms with E-state index in [0.717, 1.165) is 12.5 Å². The minimum absolute atomic E-state index is 0.358. The lowest BCUT2D eigenvalue weighted by atomic mass is 10.1. The van der Waals surface area contributed by atoms with Crippen LogP contribution in [0.3, 0.4) is 0 Å². The zero-order valence-corrected chi connectivity index (χ0v) is 8.04. The molecule has 2 N–H and O–H groups in total. The van der Waals surface area contributed by atoms with E-state index in [2.05, 4.69) is 0 Å². The first kappa shape index (κ1) is 10.5. The molecule has 0 aromatic rings. The fraction of sp³-hybridized carbons (Fsp3) is 0.900. The van der Waals surface area contributed by atoms with Crippen LogP contribution in [-0.4, -0.2) is 19.3 Å². The van der Waals surface area contributed by atoms with Crippen molar-refractivity contribution in [2.45, 2.75) is 38.1 Å². The maximum atomic E-state index is 8.42. The summed E-state index contributed by atoms with van der Waals surface area (Å²) in [6.07, 6.45) is 5.98. The minimum Gasteiger partial charge on any atom is -0.381 e. The van der Waals surface area contributed by atoms with E-state index in [9.17, 15) is 0 Å². The summed E-state index contributed by atoms with van der Waals surface area (Å²) in [7, 11) is 0. The monoisotopic (exact) mass is 182 g/mol. The fourth-order valence-corrected chi connectivity index (χ4v) is 1.70. The van der Waals surface area contributed by atoms with Gasteiger partial charge < -0.3 is 10.5 Å². The molecule has 1 fully saturated rings. The van der Waals surface area contributed by atoms with Crippen molar-refractivity contribution < 1.29 is 4.74 Å². The molecule has 1 unspecified atom stereocenters. The summed E-state index contributed by atoms with van der Waals surface area (Å²) in [6.45, 7) is 1.49. The number of hydrogen-bond acceptors (Lipinski definition) is 3. The molecular formula is C10H18N2O. The Morgan fingerprint density at radius 3 is 2.77 bits per heavy atom. The first-order valence-electron chi connectivity index (χ1n) is 5.06. The fourth-order valence-electron chi connectivity index (χ4n) is 1.70. The summed E-state index contributed by atoms with van der Waals surface area (Å²) in [5.74, 6) is 0.762. The summed E-state index contributed by atoms with van der Waals surface area (Å²) in [5, 5.41) is 8.42. The first-order chi connectivity index (χ1) is 6.33. The third-order valence-electron chi connectivity index (χ3n) is 2.57. The van der Waals surface area contributed by atoms with Crippen molar-refractivity contribution in [3.63, 3.8) is 0 Å². The molecule has 0 aliphatic heterocycles. The van der Waals surface area contributed by atoms with Crippen LogP contribution in [0.15, 0.2) is 0 Å². The molecule has 0 aromatic carbocycles. The Labute approximate surface area is 79.9 Å². The number of hydrogen-bond donors (Lipinski definition) is 1. The quantitative estimate of drug-likeness (QED) is 0.654. The van der Waals surface area contributed by atoms with Gasteiger partial charge in [0.15, 0.2) is 0 Å². The van der Waals surface area contributed by atoms with Crippen LogP contribution >= 0.6 is 0 Å². The van der Waals surface area contributed by atoms with Crippen LogP contribution in [0.25, 0.3) is 0 Å². The summed E-state index contributed by atoms with van der Waals surface area (Å²) in [6, 6.07) is 1.63. The van der Waals surface area contributed by atoms with Gasteiger partial charge in [0.05, 0.1) is 12.1 Å². The van der Waals surface area contributed by atoms with Crippen LogP contribution in [0.1, 0.15) is 32.1 Å². The Morgan fingerprint density at radius 2 is 2.15 bits per heavy atom. The topological polar surface area (TPSA) is 59.0 Å². The molecule has 0 bridgehead atoms. The average molecular weight is 182 g/mol. The summed E-state index contributed by atoms with van der Waals surface area (Å²) < 4.78 is 5.46. The van der Waals surface area contributed by atoms with Crippen LogP contribution < -0.4 is 5.73 Å². The van der Waals surface area contributed by atoms with Crippen molar-refractivity contribution in [2.75, 3.05) is 13.2 Å². The van der Waals surface area contributed by atoms with Gasteiger partial charge in [-0.15, -0.1) is 0 Å². The molecule has 1 atom stereocenters. The number of rotatable bonds is 5. The molecular weight excluding hydrogens is 164 g/mol. The Hall–Kier alpha value is -0.590. The highest BCUT2D eigenvalue weighted by atomic mass is 16.5. The van der Waals surface area contributed by atoms with Crippen LogP contribution in [0.4, 0.5) is 0 Å². The molecule has 0 spiro atoms. The molecule has 74 valence electrons. The highest BCUT2D eigenvalue weighted by molar-refractivity contribution is 4.85. The van der Waals surface area contributed by atoms with Gasteiger partial charge in [-0.25, -0.2) is 0 Å². The van der Waals surface area contributed by atoms with E-state index in [1.54, 1.807) is 0 Å². The van der Waals surface area contributed by atoms with Crippen molar-refractivity contribution in [3.05, 3.63) is 0 Å². The normalized spacial score (nSPS) is 20.0.